The van der Waals surface area contributed by atoms with Gasteiger partial charge in [0, 0.05) is 0 Å². The van der Waals surface area contributed by atoms with Crippen LogP contribution < -0.4 is 0 Å². The smallest absolute Gasteiger partial charge is 0.419 e. The highest BCUT2D eigenvalue weighted by molar-refractivity contribution is 6.54. The lowest BCUT2D eigenvalue weighted by Gasteiger charge is -2.13. The van der Waals surface area contributed by atoms with Gasteiger partial charge in [-0.05, 0) is 0 Å². The Morgan fingerprint density at radius 2 is 1.00 bits per heavy atom. The molecule has 0 atom stereocenters. The molecule has 1 N–H and O–H groups in total. The summed E-state index contributed by atoms with van der Waals surface area (Å²) in [6.45, 7) is 0. The van der Waals surface area contributed by atoms with Gasteiger partial charge in [0.15, 0.2) is 0 Å². The normalized spacial score (nSPS) is 14.4. The maximum atomic E-state index is 11.0. The van der Waals surface area contributed by atoms with E-state index < -0.39 is 20.6 Å². The Morgan fingerprint density at radius 1 is 0.800 bits per heavy atom. The third-order valence-corrected chi connectivity index (χ3v) is 1.61. The summed E-state index contributed by atoms with van der Waals surface area (Å²) < 4.78 is 66.1. The van der Waals surface area contributed by atoms with E-state index in [0.717, 1.165) is 0 Å². The van der Waals surface area contributed by atoms with E-state index in [4.69, 9.17) is 4.80 Å². The third kappa shape index (κ3) is 2.56. The van der Waals surface area contributed by atoms with Gasteiger partial charge in [-0.2, -0.15) is 26.3 Å². The van der Waals surface area contributed by atoms with Crippen LogP contribution in [0, 0.1) is 0 Å². The molecule has 0 aliphatic rings. The van der Waals surface area contributed by atoms with E-state index in [-0.39, 0.29) is 0 Å². The van der Waals surface area contributed by atoms with Gasteiger partial charge in [-0.1, -0.05) is 0 Å². The van der Waals surface area contributed by atoms with Crippen molar-refractivity contribution in [2.45, 2.75) is 11.6 Å². The molecule has 0 saturated carbocycles. The van der Waals surface area contributed by atoms with E-state index in [1.54, 1.807) is 0 Å². The second-order valence-electron chi connectivity index (χ2n) is 1.34. The SMILES string of the molecule is O[Si](C(F)(F)F)C(F)(F)F. The number of halogens is 6. The summed E-state index contributed by atoms with van der Waals surface area (Å²) in [4.78, 5) is 7.57. The maximum absolute atomic E-state index is 11.0. The lowest BCUT2D eigenvalue weighted by molar-refractivity contribution is -0.120. The lowest BCUT2D eigenvalue weighted by atomic mass is 11.5. The molecule has 0 aliphatic heterocycles. The molecule has 0 bridgehead atoms. The van der Waals surface area contributed by atoms with Gasteiger partial charge in [-0.3, -0.25) is 0 Å². The Labute approximate surface area is 53.0 Å². The standard InChI is InChI=1S/C2HF6OSi/c3-1(4,5)10(9)2(6,7)8/h9H. The van der Waals surface area contributed by atoms with Crippen molar-refractivity contribution in [2.75, 3.05) is 0 Å². The predicted molar refractivity (Wildman–Crippen MR) is 20.1 cm³/mol. The summed E-state index contributed by atoms with van der Waals surface area (Å²) in [6, 6.07) is 0. The highest BCUT2D eigenvalue weighted by Gasteiger charge is 2.60. The van der Waals surface area contributed by atoms with E-state index in [1.807, 2.05) is 0 Å². The monoisotopic (exact) mass is 183 g/mol. The van der Waals surface area contributed by atoms with Crippen LogP contribution in [0.15, 0.2) is 0 Å². The van der Waals surface area contributed by atoms with Gasteiger partial charge < -0.3 is 4.80 Å². The van der Waals surface area contributed by atoms with Crippen LogP contribution in [0.4, 0.5) is 26.3 Å². The van der Waals surface area contributed by atoms with Crippen molar-refractivity contribution < 1.29 is 31.1 Å². The minimum Gasteiger partial charge on any atom is -0.419 e. The van der Waals surface area contributed by atoms with Crippen molar-refractivity contribution in [3.63, 3.8) is 0 Å². The summed E-state index contributed by atoms with van der Waals surface area (Å²) in [5.74, 6) is -11.0. The maximum Gasteiger partial charge on any atom is 0.466 e. The fourth-order valence-electron chi connectivity index (χ4n) is 0.161. The molecule has 0 rings (SSSR count). The summed E-state index contributed by atoms with van der Waals surface area (Å²) in [6.07, 6.45) is 0. The molecule has 61 valence electrons. The topological polar surface area (TPSA) is 20.2 Å². The average Bonchev–Trinajstić information content (AvgIpc) is 1.59. The molecular weight excluding hydrogens is 182 g/mol. The molecule has 0 unspecified atom stereocenters. The van der Waals surface area contributed by atoms with Crippen LogP contribution >= 0.6 is 0 Å². The van der Waals surface area contributed by atoms with Gasteiger partial charge in [0.25, 0.3) is 0 Å². The molecule has 0 spiro atoms. The Kier molecular flexibility index (Phi) is 2.36. The van der Waals surface area contributed by atoms with Crippen LogP contribution in [-0.4, -0.2) is 25.4 Å². The second-order valence-corrected chi connectivity index (χ2v) is 3.18. The summed E-state index contributed by atoms with van der Waals surface area (Å²) in [5.41, 5.74) is 0. The minimum absolute atomic E-state index is 5.22. The van der Waals surface area contributed by atoms with Gasteiger partial charge in [-0.25, -0.2) is 0 Å². The highest BCUT2D eigenvalue weighted by atomic mass is 28.3. The largest absolute Gasteiger partial charge is 0.466 e. The summed E-state index contributed by atoms with van der Waals surface area (Å²) >= 11 is 0. The van der Waals surface area contributed by atoms with Crippen LogP contribution in [0.1, 0.15) is 0 Å². The first-order valence-corrected chi connectivity index (χ1v) is 3.30. The Hall–Kier alpha value is -0.243. The molecule has 10 heavy (non-hydrogen) atoms. The molecule has 0 aliphatic carbocycles. The van der Waals surface area contributed by atoms with E-state index in [2.05, 4.69) is 0 Å². The minimum atomic E-state index is -5.52. The van der Waals surface area contributed by atoms with Gasteiger partial charge in [0.1, 0.15) is 0 Å². The zero-order valence-electron chi connectivity index (χ0n) is 4.22. The van der Waals surface area contributed by atoms with E-state index >= 15 is 0 Å². The molecular formula is C2HF6OSi. The van der Waals surface area contributed by atoms with Crippen LogP contribution in [0.2, 0.25) is 0 Å². The van der Waals surface area contributed by atoms with Crippen molar-refractivity contribution in [1.29, 1.82) is 0 Å². The lowest BCUT2D eigenvalue weighted by Crippen LogP contribution is -2.47. The van der Waals surface area contributed by atoms with Crippen LogP contribution in [0.5, 0.6) is 0 Å². The second kappa shape index (κ2) is 2.42. The van der Waals surface area contributed by atoms with E-state index in [0.29, 0.717) is 0 Å². The first-order valence-electron chi connectivity index (χ1n) is 1.86. The quantitative estimate of drug-likeness (QED) is 0.441. The Balaban J connectivity index is 4.23. The number of rotatable bonds is 0. The van der Waals surface area contributed by atoms with Crippen molar-refractivity contribution in [3.05, 3.63) is 0 Å². The molecule has 1 radical (unpaired) electrons. The van der Waals surface area contributed by atoms with Crippen molar-refractivity contribution in [3.8, 4) is 0 Å². The highest BCUT2D eigenvalue weighted by Crippen LogP contribution is 2.29. The van der Waals surface area contributed by atoms with E-state index in [9.17, 15) is 26.3 Å². The summed E-state index contributed by atoms with van der Waals surface area (Å²) in [7, 11) is -5.22. The van der Waals surface area contributed by atoms with Crippen molar-refractivity contribution in [2.24, 2.45) is 0 Å². The molecule has 0 aromatic rings. The van der Waals surface area contributed by atoms with Gasteiger partial charge in [0.2, 0.25) is 0 Å². The molecule has 0 fully saturated rings. The zero-order valence-corrected chi connectivity index (χ0v) is 5.22. The number of hydrogen-bond donors (Lipinski definition) is 1. The average molecular weight is 183 g/mol. The molecule has 8 heteroatoms. The fraction of sp³-hybridized carbons (Fsp3) is 1.00. The number of alkyl halides is 6. The van der Waals surface area contributed by atoms with Gasteiger partial charge in [0.05, 0.1) is 0 Å². The summed E-state index contributed by atoms with van der Waals surface area (Å²) in [5, 5.41) is 0. The van der Waals surface area contributed by atoms with Gasteiger partial charge >= 0.3 is 20.6 Å². The van der Waals surface area contributed by atoms with Crippen molar-refractivity contribution >= 4 is 9.04 Å². The first-order chi connectivity index (χ1) is 4.15. The van der Waals surface area contributed by atoms with Crippen LogP contribution in [0.25, 0.3) is 0 Å². The van der Waals surface area contributed by atoms with Gasteiger partial charge in [-0.15, -0.1) is 0 Å². The van der Waals surface area contributed by atoms with Crippen LogP contribution in [0.3, 0.4) is 0 Å². The molecule has 0 heterocycles. The predicted octanol–water partition coefficient (Wildman–Crippen LogP) is 1.17. The van der Waals surface area contributed by atoms with Crippen molar-refractivity contribution in [1.82, 2.24) is 0 Å². The molecule has 0 aromatic heterocycles. The molecule has 0 amide bonds. The third-order valence-electron chi connectivity index (χ3n) is 0.537. The Morgan fingerprint density at radius 3 is 1.00 bits per heavy atom. The van der Waals surface area contributed by atoms with E-state index in [1.165, 1.54) is 0 Å². The molecule has 0 saturated heterocycles. The van der Waals surface area contributed by atoms with Crippen LogP contribution in [-0.2, 0) is 0 Å². The number of hydrogen-bond acceptors (Lipinski definition) is 1. The molecule has 1 nitrogen and oxygen atoms in total. The zero-order chi connectivity index (χ0) is 8.58. The molecule has 0 aromatic carbocycles. The fourth-order valence-corrected chi connectivity index (χ4v) is 0.482. The first kappa shape index (κ1) is 9.76. The Bertz CT molecular complexity index is 99.9.